The zero-order valence-electron chi connectivity index (χ0n) is 21.5. The molecule has 1 amide bonds. The van der Waals surface area contributed by atoms with E-state index in [1.54, 1.807) is 6.07 Å². The molecular formula is C28H25ClFN3O6S. The summed E-state index contributed by atoms with van der Waals surface area (Å²) in [5, 5.41) is 3.24. The average Bonchev–Trinajstić information content (AvgIpc) is 3.72. The number of nitrogens with zero attached hydrogens (tertiary/aromatic N) is 1. The van der Waals surface area contributed by atoms with Crippen LogP contribution in [0.25, 0.3) is 22.3 Å². The smallest absolute Gasteiger partial charge is 0.340 e. The average molecular weight is 586 g/mol. The lowest BCUT2D eigenvalue weighted by molar-refractivity contribution is 0.0601. The number of anilines is 2. The van der Waals surface area contributed by atoms with Crippen LogP contribution in [0.4, 0.5) is 15.8 Å². The maximum absolute atomic E-state index is 13.6. The Morgan fingerprint density at radius 3 is 2.52 bits per heavy atom. The highest BCUT2D eigenvalue weighted by atomic mass is 35.5. The fraction of sp³-hybridized carbons (Fsp3) is 0.214. The van der Waals surface area contributed by atoms with Crippen molar-refractivity contribution in [2.24, 2.45) is 0 Å². The molecule has 4 N–H and O–H groups in total. The van der Waals surface area contributed by atoms with E-state index in [2.05, 4.69) is 5.32 Å². The molecule has 0 aliphatic heterocycles. The minimum absolute atomic E-state index is 0.00772. The molecule has 5 rings (SSSR count). The molecule has 1 unspecified atom stereocenters. The summed E-state index contributed by atoms with van der Waals surface area (Å²) in [6.45, 7) is -0.0480. The summed E-state index contributed by atoms with van der Waals surface area (Å²) in [5.41, 5.74) is 8.88. The van der Waals surface area contributed by atoms with Crippen LogP contribution in [-0.4, -0.2) is 34.8 Å². The van der Waals surface area contributed by atoms with Crippen LogP contribution in [0.2, 0.25) is 5.02 Å². The summed E-state index contributed by atoms with van der Waals surface area (Å²) in [6.07, 6.45) is 1.83. The largest absolute Gasteiger partial charge is 0.465 e. The second-order valence-electron chi connectivity index (χ2n) is 9.36. The van der Waals surface area contributed by atoms with Crippen molar-refractivity contribution in [1.82, 2.24) is 5.32 Å². The topological polar surface area (TPSA) is 135 Å². The third-order valence-electron chi connectivity index (χ3n) is 6.84. The van der Waals surface area contributed by atoms with Crippen molar-refractivity contribution in [2.75, 3.05) is 24.2 Å². The van der Waals surface area contributed by atoms with Gasteiger partial charge in [-0.15, -0.1) is 0 Å². The van der Waals surface area contributed by atoms with Crippen LogP contribution < -0.4 is 15.4 Å². The van der Waals surface area contributed by atoms with Crippen molar-refractivity contribution >= 4 is 57.1 Å². The van der Waals surface area contributed by atoms with Crippen molar-refractivity contribution < 1.29 is 31.9 Å². The highest BCUT2D eigenvalue weighted by Crippen LogP contribution is 2.45. The summed E-state index contributed by atoms with van der Waals surface area (Å²) >= 11 is 3.74. The number of esters is 1. The van der Waals surface area contributed by atoms with Crippen molar-refractivity contribution in [2.45, 2.75) is 25.3 Å². The molecule has 0 spiro atoms. The SMILES string of the molecule is CNC(=O)c1c(-c2ccc(F)cc2)oc2cc(CN(c3cc(Cl)c(N)c(C(=O)OC)c3)S(=O)O)c(C3CC3)cc12. The number of ether oxygens (including phenoxy) is 1. The van der Waals surface area contributed by atoms with Gasteiger partial charge in [-0.3, -0.25) is 13.7 Å². The molecule has 208 valence electrons. The third-order valence-corrected chi connectivity index (χ3v) is 7.87. The van der Waals surface area contributed by atoms with E-state index in [0.717, 1.165) is 22.7 Å². The van der Waals surface area contributed by atoms with Gasteiger partial charge in [0, 0.05) is 18.0 Å². The first-order valence-electron chi connectivity index (χ1n) is 12.3. The van der Waals surface area contributed by atoms with Gasteiger partial charge in [0.05, 0.1) is 41.2 Å². The lowest BCUT2D eigenvalue weighted by Gasteiger charge is -2.23. The molecule has 1 aliphatic carbocycles. The quantitative estimate of drug-likeness (QED) is 0.138. The fourth-order valence-corrected chi connectivity index (χ4v) is 5.43. The molecule has 3 aromatic carbocycles. The molecule has 1 aromatic heterocycles. The van der Waals surface area contributed by atoms with Crippen LogP contribution in [0, 0.1) is 5.82 Å². The molecular weight excluding hydrogens is 561 g/mol. The highest BCUT2D eigenvalue weighted by molar-refractivity contribution is 7.80. The molecule has 1 heterocycles. The van der Waals surface area contributed by atoms with Gasteiger partial charge in [-0.2, -0.15) is 0 Å². The molecule has 1 fully saturated rings. The molecule has 9 nitrogen and oxygen atoms in total. The number of nitrogens with two attached hydrogens (primary N) is 1. The Morgan fingerprint density at radius 2 is 1.93 bits per heavy atom. The number of benzene rings is 3. The Hall–Kier alpha value is -3.93. The molecule has 0 saturated heterocycles. The first-order chi connectivity index (χ1) is 19.1. The van der Waals surface area contributed by atoms with E-state index in [4.69, 9.17) is 26.5 Å². The third kappa shape index (κ3) is 5.15. The molecule has 0 bridgehead atoms. The number of methoxy groups -OCH3 is 1. The van der Waals surface area contributed by atoms with Crippen LogP contribution in [0.5, 0.6) is 0 Å². The van der Waals surface area contributed by atoms with Gasteiger partial charge in [-0.25, -0.2) is 13.4 Å². The second kappa shape index (κ2) is 10.9. The summed E-state index contributed by atoms with van der Waals surface area (Å²) in [4.78, 5) is 25.2. The zero-order valence-corrected chi connectivity index (χ0v) is 23.1. The number of furan rings is 1. The van der Waals surface area contributed by atoms with E-state index < -0.39 is 23.1 Å². The molecule has 1 saturated carbocycles. The Bertz CT molecular complexity index is 1670. The van der Waals surface area contributed by atoms with Gasteiger partial charge in [0.1, 0.15) is 17.2 Å². The maximum atomic E-state index is 13.6. The molecule has 4 aromatic rings. The number of halogens is 2. The predicted molar refractivity (Wildman–Crippen MR) is 151 cm³/mol. The summed E-state index contributed by atoms with van der Waals surface area (Å²) < 4.78 is 48.5. The first-order valence-corrected chi connectivity index (χ1v) is 13.7. The number of hydrogen-bond acceptors (Lipinski definition) is 6. The number of fused-ring (bicyclic) bond motifs is 1. The fourth-order valence-electron chi connectivity index (χ4n) is 4.69. The summed E-state index contributed by atoms with van der Waals surface area (Å²) in [6, 6.07) is 12.0. The van der Waals surface area contributed by atoms with E-state index in [1.807, 2.05) is 6.07 Å². The number of carbonyl (C=O) groups excluding carboxylic acids is 2. The minimum Gasteiger partial charge on any atom is -0.465 e. The zero-order chi connectivity index (χ0) is 28.7. The van der Waals surface area contributed by atoms with E-state index in [0.29, 0.717) is 27.7 Å². The van der Waals surface area contributed by atoms with Crippen molar-refractivity contribution in [1.29, 1.82) is 0 Å². The van der Waals surface area contributed by atoms with Crippen LogP contribution in [0.15, 0.2) is 52.9 Å². The lowest BCUT2D eigenvalue weighted by Crippen LogP contribution is -2.26. The molecule has 40 heavy (non-hydrogen) atoms. The maximum Gasteiger partial charge on any atom is 0.340 e. The lowest BCUT2D eigenvalue weighted by atomic mass is 9.97. The standard InChI is InChI=1S/C28H25ClFN3O6S/c1-32-27(34)24-20-12-19(14-3-4-14)16(9-23(20)39-26(24)15-5-7-17(30)8-6-15)13-33(40(36)37)18-10-21(28(35)38-2)25(31)22(29)11-18/h5-12,14H,3-4,13,31H2,1-2H3,(H,32,34)(H,36,37). The predicted octanol–water partition coefficient (Wildman–Crippen LogP) is 5.64. The van der Waals surface area contributed by atoms with Crippen molar-refractivity contribution in [3.63, 3.8) is 0 Å². The molecule has 1 atom stereocenters. The Balaban J connectivity index is 1.65. The van der Waals surface area contributed by atoms with Gasteiger partial charge in [0.15, 0.2) is 0 Å². The number of nitrogens with one attached hydrogen (secondary N) is 1. The van der Waals surface area contributed by atoms with Gasteiger partial charge in [0.25, 0.3) is 17.2 Å². The molecule has 1 aliphatic rings. The summed E-state index contributed by atoms with van der Waals surface area (Å²) in [5.74, 6) is -1.05. The first kappa shape index (κ1) is 27.6. The van der Waals surface area contributed by atoms with Gasteiger partial charge >= 0.3 is 5.97 Å². The molecule has 12 heteroatoms. The van der Waals surface area contributed by atoms with E-state index in [9.17, 15) is 22.7 Å². The van der Waals surface area contributed by atoms with E-state index in [1.165, 1.54) is 50.6 Å². The minimum atomic E-state index is -2.52. The monoisotopic (exact) mass is 585 g/mol. The number of hydrogen-bond donors (Lipinski definition) is 3. The Morgan fingerprint density at radius 1 is 1.23 bits per heavy atom. The number of rotatable bonds is 8. The Labute approximate surface area is 236 Å². The van der Waals surface area contributed by atoms with Crippen LogP contribution in [0.3, 0.4) is 0 Å². The van der Waals surface area contributed by atoms with Crippen molar-refractivity contribution in [3.05, 3.63) is 81.6 Å². The highest BCUT2D eigenvalue weighted by Gasteiger charge is 2.31. The van der Waals surface area contributed by atoms with Gasteiger partial charge in [-0.05, 0) is 78.4 Å². The number of nitrogen functional groups attached to an aromatic ring is 1. The summed E-state index contributed by atoms with van der Waals surface area (Å²) in [7, 11) is 2.71. The number of carbonyl (C=O) groups is 2. The second-order valence-corrected chi connectivity index (χ2v) is 10.7. The van der Waals surface area contributed by atoms with E-state index >= 15 is 0 Å². The van der Waals surface area contributed by atoms with E-state index in [-0.39, 0.29) is 46.1 Å². The number of amides is 1. The normalized spacial score (nSPS) is 13.7. The van der Waals surface area contributed by atoms with Gasteiger partial charge < -0.3 is 20.2 Å². The Kier molecular flexibility index (Phi) is 7.54. The van der Waals surface area contributed by atoms with Crippen LogP contribution in [-0.2, 0) is 22.5 Å². The van der Waals surface area contributed by atoms with Gasteiger partial charge in [-0.1, -0.05) is 11.6 Å². The van der Waals surface area contributed by atoms with Crippen molar-refractivity contribution in [3.8, 4) is 11.3 Å². The van der Waals surface area contributed by atoms with Crippen LogP contribution in [0.1, 0.15) is 50.6 Å². The van der Waals surface area contributed by atoms with Gasteiger partial charge in [0.2, 0.25) is 0 Å². The molecule has 0 radical (unpaired) electrons. The van der Waals surface area contributed by atoms with Crippen LogP contribution >= 0.6 is 11.6 Å².